The van der Waals surface area contributed by atoms with Crippen LogP contribution in [0.1, 0.15) is 6.92 Å². The van der Waals surface area contributed by atoms with E-state index in [0.29, 0.717) is 5.52 Å². The Morgan fingerprint density at radius 1 is 1.10 bits per heavy atom. The number of halogens is 1. The number of fused-ring (bicyclic) bond motifs is 1. The van der Waals surface area contributed by atoms with Crippen molar-refractivity contribution in [3.05, 3.63) is 48.7 Å². The Morgan fingerprint density at radius 2 is 1.95 bits per heavy atom. The van der Waals surface area contributed by atoms with Crippen LogP contribution in [0.4, 0.5) is 10.2 Å². The van der Waals surface area contributed by atoms with Crippen LogP contribution in [0.5, 0.6) is 0 Å². The van der Waals surface area contributed by atoms with Crippen LogP contribution in [0, 0.1) is 5.82 Å². The molecule has 0 atom stereocenters. The van der Waals surface area contributed by atoms with Gasteiger partial charge < -0.3 is 4.90 Å². The molecule has 5 heteroatoms. The van der Waals surface area contributed by atoms with Crippen LogP contribution in [-0.4, -0.2) is 28.5 Å². The van der Waals surface area contributed by atoms with Gasteiger partial charge in [-0.15, -0.1) is 0 Å². The van der Waals surface area contributed by atoms with Gasteiger partial charge in [-0.25, -0.2) is 14.4 Å². The zero-order chi connectivity index (χ0) is 14.8. The number of benzene rings is 1. The summed E-state index contributed by atoms with van der Waals surface area (Å²) in [6, 6.07) is 8.47. The minimum Gasteiger partial charge on any atom is -0.360 e. The van der Waals surface area contributed by atoms with Crippen molar-refractivity contribution in [2.24, 2.45) is 0 Å². The van der Waals surface area contributed by atoms with E-state index in [-0.39, 0.29) is 5.82 Å². The Kier molecular flexibility index (Phi) is 3.48. The van der Waals surface area contributed by atoms with E-state index in [0.717, 1.165) is 29.0 Å². The van der Waals surface area contributed by atoms with Gasteiger partial charge in [-0.1, -0.05) is 0 Å². The van der Waals surface area contributed by atoms with Crippen molar-refractivity contribution in [1.29, 1.82) is 0 Å². The van der Waals surface area contributed by atoms with Gasteiger partial charge in [0.1, 0.15) is 18.0 Å². The first kappa shape index (κ1) is 13.4. The van der Waals surface area contributed by atoms with E-state index >= 15 is 0 Å². The number of nitrogens with zero attached hydrogens (tertiary/aromatic N) is 4. The minimum atomic E-state index is -0.281. The first-order chi connectivity index (χ1) is 10.2. The standard InChI is InChI=1S/C16H15FN4/c1-3-21(2)16-8-15(19-10-20-16)12-6-11-4-5-13(17)7-14(11)18-9-12/h4-10H,3H2,1-2H3. The molecule has 4 nitrogen and oxygen atoms in total. The second-order valence-electron chi connectivity index (χ2n) is 4.84. The molecule has 0 unspecified atom stereocenters. The third-order valence-corrected chi connectivity index (χ3v) is 3.46. The van der Waals surface area contributed by atoms with E-state index in [1.165, 1.54) is 12.1 Å². The predicted molar refractivity (Wildman–Crippen MR) is 81.7 cm³/mol. The number of pyridine rings is 1. The highest BCUT2D eigenvalue weighted by Gasteiger charge is 2.06. The molecule has 21 heavy (non-hydrogen) atoms. The fourth-order valence-corrected chi connectivity index (χ4v) is 2.11. The number of rotatable bonds is 3. The monoisotopic (exact) mass is 282 g/mol. The van der Waals surface area contributed by atoms with E-state index in [2.05, 4.69) is 21.9 Å². The first-order valence-electron chi connectivity index (χ1n) is 6.76. The molecule has 0 amide bonds. The van der Waals surface area contributed by atoms with Crippen molar-refractivity contribution in [2.45, 2.75) is 6.92 Å². The normalized spacial score (nSPS) is 10.8. The van der Waals surface area contributed by atoms with E-state index < -0.39 is 0 Å². The average Bonchev–Trinajstić information content (AvgIpc) is 2.53. The first-order valence-corrected chi connectivity index (χ1v) is 6.76. The maximum Gasteiger partial charge on any atom is 0.132 e. The highest BCUT2D eigenvalue weighted by molar-refractivity contribution is 5.83. The Bertz CT molecular complexity index is 788. The molecule has 0 aliphatic rings. The van der Waals surface area contributed by atoms with E-state index in [1.54, 1.807) is 18.6 Å². The van der Waals surface area contributed by atoms with E-state index in [1.807, 2.05) is 24.1 Å². The summed E-state index contributed by atoms with van der Waals surface area (Å²) in [4.78, 5) is 14.9. The second-order valence-corrected chi connectivity index (χ2v) is 4.84. The van der Waals surface area contributed by atoms with Crippen LogP contribution in [0.3, 0.4) is 0 Å². The fraction of sp³-hybridized carbons (Fsp3) is 0.188. The molecular formula is C16H15FN4. The highest BCUT2D eigenvalue weighted by atomic mass is 19.1. The molecule has 0 saturated heterocycles. The molecule has 0 fully saturated rings. The molecule has 2 heterocycles. The molecule has 2 aromatic heterocycles. The zero-order valence-corrected chi connectivity index (χ0v) is 11.9. The van der Waals surface area contributed by atoms with Gasteiger partial charge >= 0.3 is 0 Å². The third-order valence-electron chi connectivity index (χ3n) is 3.46. The summed E-state index contributed by atoms with van der Waals surface area (Å²) in [7, 11) is 1.98. The Labute approximate surface area is 122 Å². The summed E-state index contributed by atoms with van der Waals surface area (Å²) in [5, 5.41) is 0.887. The zero-order valence-electron chi connectivity index (χ0n) is 11.9. The van der Waals surface area contributed by atoms with Gasteiger partial charge in [0.05, 0.1) is 11.2 Å². The summed E-state index contributed by atoms with van der Waals surface area (Å²) in [5.41, 5.74) is 2.33. The maximum atomic E-state index is 13.2. The van der Waals surface area contributed by atoms with Gasteiger partial charge in [0.2, 0.25) is 0 Å². The van der Waals surface area contributed by atoms with Gasteiger partial charge in [-0.2, -0.15) is 0 Å². The quantitative estimate of drug-likeness (QED) is 0.739. The van der Waals surface area contributed by atoms with Crippen molar-refractivity contribution >= 4 is 16.7 Å². The lowest BCUT2D eigenvalue weighted by molar-refractivity contribution is 0.629. The fourth-order valence-electron chi connectivity index (χ4n) is 2.11. The van der Waals surface area contributed by atoms with Crippen LogP contribution in [0.2, 0.25) is 0 Å². The molecule has 3 rings (SSSR count). The summed E-state index contributed by atoms with van der Waals surface area (Å²) in [6.45, 7) is 2.93. The molecule has 0 aliphatic heterocycles. The smallest absolute Gasteiger partial charge is 0.132 e. The Balaban J connectivity index is 2.06. The van der Waals surface area contributed by atoms with Gasteiger partial charge in [-0.05, 0) is 25.1 Å². The third kappa shape index (κ3) is 2.67. The van der Waals surface area contributed by atoms with Gasteiger partial charge in [0.15, 0.2) is 0 Å². The molecule has 0 N–H and O–H groups in total. The molecule has 0 saturated carbocycles. The largest absolute Gasteiger partial charge is 0.360 e. The molecule has 0 radical (unpaired) electrons. The van der Waals surface area contributed by atoms with Crippen molar-refractivity contribution in [3.63, 3.8) is 0 Å². The van der Waals surface area contributed by atoms with Crippen LogP contribution >= 0.6 is 0 Å². The van der Waals surface area contributed by atoms with Crippen molar-refractivity contribution in [2.75, 3.05) is 18.5 Å². The van der Waals surface area contributed by atoms with Crippen molar-refractivity contribution < 1.29 is 4.39 Å². The molecule has 3 aromatic rings. The molecule has 0 aliphatic carbocycles. The number of hydrogen-bond donors (Lipinski definition) is 0. The molecule has 1 aromatic carbocycles. The lowest BCUT2D eigenvalue weighted by atomic mass is 10.1. The molecular weight excluding hydrogens is 267 g/mol. The van der Waals surface area contributed by atoms with Gasteiger partial charge in [0, 0.05) is 42.9 Å². The molecule has 0 spiro atoms. The summed E-state index contributed by atoms with van der Waals surface area (Å²) >= 11 is 0. The second kappa shape index (κ2) is 5.44. The van der Waals surface area contributed by atoms with Crippen molar-refractivity contribution in [3.8, 4) is 11.3 Å². The Morgan fingerprint density at radius 3 is 2.76 bits per heavy atom. The lowest BCUT2D eigenvalue weighted by Crippen LogP contribution is -2.17. The summed E-state index contributed by atoms with van der Waals surface area (Å²) in [5.74, 6) is 0.582. The van der Waals surface area contributed by atoms with Gasteiger partial charge in [0.25, 0.3) is 0 Å². The van der Waals surface area contributed by atoms with Crippen molar-refractivity contribution in [1.82, 2.24) is 15.0 Å². The van der Waals surface area contributed by atoms with Crippen LogP contribution < -0.4 is 4.90 Å². The SMILES string of the molecule is CCN(C)c1cc(-c2cnc3cc(F)ccc3c2)ncn1. The molecule has 106 valence electrons. The van der Waals surface area contributed by atoms with Gasteiger partial charge in [-0.3, -0.25) is 4.98 Å². The van der Waals surface area contributed by atoms with Crippen LogP contribution in [0.15, 0.2) is 42.9 Å². The predicted octanol–water partition coefficient (Wildman–Crippen LogP) is 3.29. The topological polar surface area (TPSA) is 41.9 Å². The maximum absolute atomic E-state index is 13.2. The van der Waals surface area contributed by atoms with E-state index in [9.17, 15) is 4.39 Å². The Hall–Kier alpha value is -2.56. The number of aromatic nitrogens is 3. The highest BCUT2D eigenvalue weighted by Crippen LogP contribution is 2.23. The summed E-state index contributed by atoms with van der Waals surface area (Å²) in [6.07, 6.45) is 3.26. The van der Waals surface area contributed by atoms with E-state index in [4.69, 9.17) is 0 Å². The number of anilines is 1. The van der Waals surface area contributed by atoms with Crippen LogP contribution in [0.25, 0.3) is 22.2 Å². The average molecular weight is 282 g/mol. The van der Waals surface area contributed by atoms with Crippen LogP contribution in [-0.2, 0) is 0 Å². The summed E-state index contributed by atoms with van der Waals surface area (Å²) < 4.78 is 13.2. The number of hydrogen-bond acceptors (Lipinski definition) is 4. The lowest BCUT2D eigenvalue weighted by Gasteiger charge is -2.15. The minimum absolute atomic E-state index is 0.281. The molecule has 0 bridgehead atoms.